The van der Waals surface area contributed by atoms with Crippen molar-refractivity contribution in [2.75, 3.05) is 5.73 Å². The largest absolute Gasteiger partial charge is 0.491 e. The molecule has 3 aliphatic rings. The van der Waals surface area contributed by atoms with Gasteiger partial charge in [-0.2, -0.15) is 5.10 Å². The van der Waals surface area contributed by atoms with Gasteiger partial charge >= 0.3 is 0 Å². The number of rotatable bonds is 6. The van der Waals surface area contributed by atoms with Crippen LogP contribution in [0, 0.1) is 0 Å². The van der Waals surface area contributed by atoms with Crippen LogP contribution in [0.2, 0.25) is 0 Å². The Hall–Kier alpha value is -3.73. The van der Waals surface area contributed by atoms with Crippen LogP contribution in [0.25, 0.3) is 22.3 Å². The first kappa shape index (κ1) is 26.5. The van der Waals surface area contributed by atoms with Gasteiger partial charge < -0.3 is 15.2 Å². The number of allylic oxidation sites excluding steroid dienone is 8. The van der Waals surface area contributed by atoms with E-state index in [1.54, 1.807) is 4.68 Å². The van der Waals surface area contributed by atoms with E-state index in [-0.39, 0.29) is 18.0 Å². The standard InChI is InChI=1S/C31H30IN5O3/c1-17(2)39-22-13-11-19(12-14-22)27-26-30(33)34-16-35-31(26)37(36-27)18(3)29-25(20-7-6-8-21(32)15-20)28(38)23-9-4-5-10-24(23)40-29/h4-9,11-14,16-18,21,24H,10,15H2,1-3H3,(H2,33,34,35)/t18?,21-,24-/m0/s1. The minimum absolute atomic E-state index is 0.0131. The number of anilines is 1. The van der Waals surface area contributed by atoms with E-state index in [2.05, 4.69) is 38.6 Å². The third-order valence-corrected chi connectivity index (χ3v) is 8.09. The highest BCUT2D eigenvalue weighted by molar-refractivity contribution is 14.1. The highest BCUT2D eigenvalue weighted by atomic mass is 127. The average molecular weight is 648 g/mol. The number of hydrogen-bond donors (Lipinski definition) is 1. The van der Waals surface area contributed by atoms with Gasteiger partial charge in [0, 0.05) is 21.5 Å². The maximum atomic E-state index is 14.0. The van der Waals surface area contributed by atoms with Crippen molar-refractivity contribution in [3.63, 3.8) is 0 Å². The van der Waals surface area contributed by atoms with Crippen LogP contribution in [-0.4, -0.2) is 41.7 Å². The Balaban J connectivity index is 1.50. The number of alkyl halides is 1. The molecule has 3 atom stereocenters. The fourth-order valence-corrected chi connectivity index (χ4v) is 6.10. The van der Waals surface area contributed by atoms with Crippen LogP contribution in [0.5, 0.6) is 5.75 Å². The van der Waals surface area contributed by atoms with Crippen molar-refractivity contribution >= 4 is 45.2 Å². The van der Waals surface area contributed by atoms with Gasteiger partial charge in [-0.15, -0.1) is 0 Å². The molecular weight excluding hydrogens is 617 g/mol. The summed E-state index contributed by atoms with van der Waals surface area (Å²) in [6, 6.07) is 7.32. The maximum Gasteiger partial charge on any atom is 0.196 e. The lowest BCUT2D eigenvalue weighted by Crippen LogP contribution is -2.33. The van der Waals surface area contributed by atoms with Gasteiger partial charge in [-0.3, -0.25) is 4.79 Å². The van der Waals surface area contributed by atoms with E-state index >= 15 is 0 Å². The molecule has 0 amide bonds. The second-order valence-electron chi connectivity index (χ2n) is 10.4. The number of aromatic nitrogens is 4. The minimum atomic E-state index is -0.431. The van der Waals surface area contributed by atoms with Crippen LogP contribution in [-0.2, 0) is 9.53 Å². The second-order valence-corrected chi connectivity index (χ2v) is 12.0. The summed E-state index contributed by atoms with van der Waals surface area (Å²) in [5.74, 6) is 1.73. The van der Waals surface area contributed by atoms with Crippen LogP contribution < -0.4 is 10.5 Å². The topological polar surface area (TPSA) is 105 Å². The zero-order valence-electron chi connectivity index (χ0n) is 22.5. The van der Waals surface area contributed by atoms with Crippen molar-refractivity contribution in [1.82, 2.24) is 19.7 Å². The smallest absolute Gasteiger partial charge is 0.196 e. The third kappa shape index (κ3) is 4.76. The van der Waals surface area contributed by atoms with Gasteiger partial charge in [0.15, 0.2) is 11.4 Å². The van der Waals surface area contributed by atoms with Gasteiger partial charge in [-0.05, 0) is 57.0 Å². The number of ketones is 1. The number of hydrogen-bond acceptors (Lipinski definition) is 7. The number of nitrogen functional groups attached to an aromatic ring is 1. The van der Waals surface area contributed by atoms with Gasteiger partial charge in [-0.25, -0.2) is 14.6 Å². The Bertz CT molecular complexity index is 1650. The lowest BCUT2D eigenvalue weighted by Gasteiger charge is -2.34. The molecule has 3 heterocycles. The lowest BCUT2D eigenvalue weighted by atomic mass is 9.83. The van der Waals surface area contributed by atoms with Gasteiger partial charge in [0.1, 0.15) is 41.5 Å². The molecule has 2 aromatic heterocycles. The molecule has 0 spiro atoms. The first-order chi connectivity index (χ1) is 19.3. The predicted octanol–water partition coefficient (Wildman–Crippen LogP) is 6.22. The summed E-state index contributed by atoms with van der Waals surface area (Å²) in [5, 5.41) is 5.67. The Kier molecular flexibility index (Phi) is 7.07. The van der Waals surface area contributed by atoms with E-state index in [0.29, 0.717) is 49.8 Å². The monoisotopic (exact) mass is 647 g/mol. The van der Waals surface area contributed by atoms with Crippen molar-refractivity contribution in [3.8, 4) is 17.0 Å². The van der Waals surface area contributed by atoms with E-state index in [4.69, 9.17) is 20.3 Å². The molecule has 1 unspecified atom stereocenters. The molecule has 204 valence electrons. The Labute approximate surface area is 246 Å². The molecular formula is C31H30IN5O3. The molecule has 1 aliphatic heterocycles. The highest BCUT2D eigenvalue weighted by Crippen LogP contribution is 2.42. The van der Waals surface area contributed by atoms with Gasteiger partial charge in [-0.1, -0.05) is 59.0 Å². The zero-order chi connectivity index (χ0) is 28.0. The number of halogens is 1. The molecule has 8 nitrogen and oxygen atoms in total. The molecule has 0 radical (unpaired) electrons. The summed E-state index contributed by atoms with van der Waals surface area (Å²) in [6.45, 7) is 5.97. The molecule has 1 aromatic carbocycles. The van der Waals surface area contributed by atoms with E-state index in [1.807, 2.05) is 75.4 Å². The summed E-state index contributed by atoms with van der Waals surface area (Å²) in [7, 11) is 0. The summed E-state index contributed by atoms with van der Waals surface area (Å²) in [4.78, 5) is 22.8. The lowest BCUT2D eigenvalue weighted by molar-refractivity contribution is -0.114. The van der Waals surface area contributed by atoms with Crippen LogP contribution >= 0.6 is 22.6 Å². The number of Topliss-reactive ketones (excluding diaryl/α,β-unsaturated/α-hetero) is 1. The molecule has 0 saturated carbocycles. The van der Waals surface area contributed by atoms with Crippen LogP contribution in [0.4, 0.5) is 5.82 Å². The first-order valence-electron chi connectivity index (χ1n) is 13.4. The first-order valence-corrected chi connectivity index (χ1v) is 14.7. The van der Waals surface area contributed by atoms with Crippen molar-refractivity contribution < 1.29 is 14.3 Å². The molecule has 0 fully saturated rings. The number of nitrogens with zero attached hydrogens (tertiary/aromatic N) is 4. The number of nitrogens with two attached hydrogens (primary N) is 1. The molecule has 0 bridgehead atoms. The van der Waals surface area contributed by atoms with Crippen LogP contribution in [0.15, 0.2) is 89.5 Å². The Morgan fingerprint density at radius 3 is 2.67 bits per heavy atom. The van der Waals surface area contributed by atoms with Crippen molar-refractivity contribution in [2.45, 2.75) is 55.8 Å². The number of ether oxygens (including phenoxy) is 2. The minimum Gasteiger partial charge on any atom is -0.491 e. The highest BCUT2D eigenvalue weighted by Gasteiger charge is 2.39. The molecule has 3 aromatic rings. The van der Waals surface area contributed by atoms with E-state index in [0.717, 1.165) is 23.3 Å². The summed E-state index contributed by atoms with van der Waals surface area (Å²) in [6.07, 6.45) is 14.6. The van der Waals surface area contributed by atoms with Crippen LogP contribution in [0.1, 0.15) is 39.7 Å². The Morgan fingerprint density at radius 2 is 1.93 bits per heavy atom. The van der Waals surface area contributed by atoms with Crippen molar-refractivity contribution in [3.05, 3.63) is 89.5 Å². The SMILES string of the molecule is CC(C)Oc1ccc(-c2nn(C(C)C3=C(C4=CC=C[C@H](I)C4)C(=O)C4=CC=CC[C@@H]4O3)c3ncnc(N)c23)cc1. The maximum absolute atomic E-state index is 14.0. The summed E-state index contributed by atoms with van der Waals surface area (Å²) >= 11 is 2.40. The molecule has 6 rings (SSSR count). The van der Waals surface area contributed by atoms with E-state index < -0.39 is 6.04 Å². The van der Waals surface area contributed by atoms with Gasteiger partial charge in [0.05, 0.1) is 17.1 Å². The second kappa shape index (κ2) is 10.7. The number of carbonyl (C=O) groups is 1. The summed E-state index contributed by atoms with van der Waals surface area (Å²) in [5.41, 5.74) is 10.8. The fourth-order valence-electron chi connectivity index (χ4n) is 5.39. The summed E-state index contributed by atoms with van der Waals surface area (Å²) < 4.78 is 14.6. The number of benzene rings is 1. The fraction of sp³-hybridized carbons (Fsp3) is 0.290. The molecule has 2 N–H and O–H groups in total. The molecule has 2 aliphatic carbocycles. The molecule has 9 heteroatoms. The average Bonchev–Trinajstić information content (AvgIpc) is 3.34. The number of fused-ring (bicyclic) bond motifs is 2. The van der Waals surface area contributed by atoms with Gasteiger partial charge in [0.25, 0.3) is 0 Å². The van der Waals surface area contributed by atoms with E-state index in [1.165, 1.54) is 6.33 Å². The Morgan fingerprint density at radius 1 is 1.12 bits per heavy atom. The van der Waals surface area contributed by atoms with Crippen LogP contribution in [0.3, 0.4) is 0 Å². The normalized spacial score (nSPS) is 21.3. The van der Waals surface area contributed by atoms with Crippen molar-refractivity contribution in [1.29, 1.82) is 0 Å². The van der Waals surface area contributed by atoms with Crippen molar-refractivity contribution in [2.24, 2.45) is 0 Å². The van der Waals surface area contributed by atoms with E-state index in [9.17, 15) is 4.79 Å². The number of carbonyl (C=O) groups excluding carboxylic acids is 1. The third-order valence-electron chi connectivity index (χ3n) is 7.23. The molecule has 40 heavy (non-hydrogen) atoms. The quantitative estimate of drug-likeness (QED) is 0.250. The molecule has 0 saturated heterocycles. The predicted molar refractivity (Wildman–Crippen MR) is 164 cm³/mol. The zero-order valence-corrected chi connectivity index (χ0v) is 24.7. The van der Waals surface area contributed by atoms with Gasteiger partial charge in [0.2, 0.25) is 0 Å².